The molecule has 3 aromatic rings. The molecule has 186 valence electrons. The first-order valence-corrected chi connectivity index (χ1v) is 13.0. The largest absolute Gasteiger partial charge is 0.381 e. The van der Waals surface area contributed by atoms with Gasteiger partial charge in [-0.25, -0.2) is 4.98 Å². The Balaban J connectivity index is 1.53. The van der Waals surface area contributed by atoms with Crippen molar-refractivity contribution in [3.05, 3.63) is 96.1 Å². The Hall–Kier alpha value is -4.03. The van der Waals surface area contributed by atoms with E-state index >= 15 is 0 Å². The highest BCUT2D eigenvalue weighted by molar-refractivity contribution is 5.84. The van der Waals surface area contributed by atoms with Gasteiger partial charge >= 0.3 is 0 Å². The summed E-state index contributed by atoms with van der Waals surface area (Å²) in [5, 5.41) is 4.48. The highest BCUT2D eigenvalue weighted by atomic mass is 16.5. The maximum Gasteiger partial charge on any atom is 0.0900 e. The number of hydrogen-bond acceptors (Lipinski definition) is 5. The van der Waals surface area contributed by atoms with Crippen LogP contribution in [0.1, 0.15) is 24.8 Å². The number of benzene rings is 3. The van der Waals surface area contributed by atoms with Crippen LogP contribution in [0.5, 0.6) is 0 Å². The molecule has 3 heterocycles. The number of pyridine rings is 1. The second-order valence-corrected chi connectivity index (χ2v) is 9.73. The average molecular weight is 490 g/mol. The molecule has 1 aliphatic carbocycles. The van der Waals surface area contributed by atoms with Gasteiger partial charge in [0.15, 0.2) is 0 Å². The molecule has 0 unspecified atom stereocenters. The van der Waals surface area contributed by atoms with E-state index in [1.807, 2.05) is 24.4 Å². The van der Waals surface area contributed by atoms with E-state index in [9.17, 15) is 0 Å². The lowest BCUT2D eigenvalue weighted by molar-refractivity contribution is 0.0646. The van der Waals surface area contributed by atoms with Crippen LogP contribution in [0.15, 0.2) is 90.2 Å². The van der Waals surface area contributed by atoms with Crippen LogP contribution in [0, 0.1) is 12.8 Å². The first-order valence-electron chi connectivity index (χ1n) is 13.0. The first kappa shape index (κ1) is 23.4. The number of hydrogen-bond donors (Lipinski definition) is 1. The van der Waals surface area contributed by atoms with Gasteiger partial charge in [-0.15, -0.1) is 0 Å². The number of nitrogens with one attached hydrogen (secondary N) is 1. The number of aromatic nitrogens is 3. The number of nitrogens with zero attached hydrogens (tertiary/aromatic N) is 4. The Morgan fingerprint density at radius 1 is 1.00 bits per heavy atom. The van der Waals surface area contributed by atoms with Crippen molar-refractivity contribution in [2.24, 2.45) is 10.9 Å². The number of fused-ring (bicyclic) bond motifs is 2. The minimum Gasteiger partial charge on any atom is -0.381 e. The molecule has 1 aromatic heterocycles. The fraction of sp³-hybridized carbons (Fsp3) is 0.258. The van der Waals surface area contributed by atoms with Gasteiger partial charge in [0.2, 0.25) is 0 Å². The van der Waals surface area contributed by atoms with Crippen molar-refractivity contribution in [2.45, 2.75) is 26.2 Å². The summed E-state index contributed by atoms with van der Waals surface area (Å²) in [5.74, 6) is 0.676. The summed E-state index contributed by atoms with van der Waals surface area (Å²) in [6, 6.07) is 25.2. The van der Waals surface area contributed by atoms with Crippen LogP contribution in [0.3, 0.4) is 0 Å². The zero-order valence-electron chi connectivity index (χ0n) is 21.1. The van der Waals surface area contributed by atoms with Gasteiger partial charge in [-0.1, -0.05) is 24.3 Å². The number of para-hydroxylation sites is 1. The van der Waals surface area contributed by atoms with Crippen molar-refractivity contribution in [3.63, 3.8) is 0 Å². The highest BCUT2D eigenvalue weighted by Crippen LogP contribution is 2.31. The second-order valence-electron chi connectivity index (χ2n) is 9.73. The molecule has 1 N–H and O–H groups in total. The molecule has 2 aromatic carbocycles. The Labute approximate surface area is 217 Å². The molecule has 0 spiro atoms. The molecule has 0 amide bonds. The minimum atomic E-state index is 0.676. The van der Waals surface area contributed by atoms with E-state index in [1.54, 1.807) is 6.20 Å². The Morgan fingerprint density at radius 2 is 1.86 bits per heavy atom. The van der Waals surface area contributed by atoms with Gasteiger partial charge in [0, 0.05) is 31.6 Å². The molecule has 1 fully saturated rings. The molecule has 6 rings (SSSR count). The monoisotopic (exact) mass is 489 g/mol. The summed E-state index contributed by atoms with van der Waals surface area (Å²) < 4.78 is 7.84. The molecule has 2 aliphatic heterocycles. The molecule has 6 heteroatoms. The normalized spacial score (nSPS) is 14.9. The van der Waals surface area contributed by atoms with Gasteiger partial charge in [-0.3, -0.25) is 9.98 Å². The van der Waals surface area contributed by atoms with E-state index < -0.39 is 0 Å². The number of aryl methyl sites for hydroxylation is 1. The summed E-state index contributed by atoms with van der Waals surface area (Å²) in [4.78, 5) is 14.5. The topological polar surface area (TPSA) is 64.3 Å². The van der Waals surface area contributed by atoms with Crippen LogP contribution < -0.4 is 10.7 Å². The van der Waals surface area contributed by atoms with Crippen molar-refractivity contribution in [1.29, 1.82) is 0 Å². The molecular formula is C31H31N5O. The predicted molar refractivity (Wildman–Crippen MR) is 149 cm³/mol. The highest BCUT2D eigenvalue weighted by Gasteiger charge is 2.17. The summed E-state index contributed by atoms with van der Waals surface area (Å²) in [6.45, 7) is 4.63. The van der Waals surface area contributed by atoms with Crippen LogP contribution in [-0.2, 0) is 4.74 Å². The van der Waals surface area contributed by atoms with E-state index in [1.165, 1.54) is 5.56 Å². The average Bonchev–Trinajstić information content (AvgIpc) is 2.94. The van der Waals surface area contributed by atoms with E-state index in [2.05, 4.69) is 76.4 Å². The summed E-state index contributed by atoms with van der Waals surface area (Å²) in [5.41, 5.74) is 8.15. The zero-order chi connectivity index (χ0) is 25.0. The van der Waals surface area contributed by atoms with Crippen molar-refractivity contribution in [2.75, 3.05) is 25.1 Å². The molecular weight excluding hydrogens is 458 g/mol. The number of ether oxygens (including phenoxy) is 1. The third-order valence-electron chi connectivity index (χ3n) is 7.06. The van der Waals surface area contributed by atoms with Crippen LogP contribution in [0.2, 0.25) is 0 Å². The SMILES string of the molecule is Cc1ccc2nc3cc(Nc4cccnc4)c(=NCCC4CCOCC4)cc-3n(-c3ccccc3)c2c1. The van der Waals surface area contributed by atoms with Crippen molar-refractivity contribution < 1.29 is 4.74 Å². The lowest BCUT2D eigenvalue weighted by Gasteiger charge is -2.21. The van der Waals surface area contributed by atoms with E-state index in [0.717, 1.165) is 83.9 Å². The number of anilines is 2. The maximum absolute atomic E-state index is 5.54. The zero-order valence-corrected chi connectivity index (χ0v) is 21.1. The maximum atomic E-state index is 5.54. The van der Waals surface area contributed by atoms with Crippen LogP contribution in [0.4, 0.5) is 11.4 Å². The third kappa shape index (κ3) is 5.11. The van der Waals surface area contributed by atoms with Crippen molar-refractivity contribution >= 4 is 22.4 Å². The molecule has 0 atom stereocenters. The smallest absolute Gasteiger partial charge is 0.0900 e. The van der Waals surface area contributed by atoms with Gasteiger partial charge < -0.3 is 14.6 Å². The van der Waals surface area contributed by atoms with E-state index in [-0.39, 0.29) is 0 Å². The molecule has 0 bridgehead atoms. The molecule has 0 saturated carbocycles. The summed E-state index contributed by atoms with van der Waals surface area (Å²) in [7, 11) is 0. The number of rotatable bonds is 6. The summed E-state index contributed by atoms with van der Waals surface area (Å²) >= 11 is 0. The van der Waals surface area contributed by atoms with Gasteiger partial charge in [0.1, 0.15) is 0 Å². The first-order chi connectivity index (χ1) is 18.2. The molecule has 0 radical (unpaired) electrons. The van der Waals surface area contributed by atoms with E-state index in [4.69, 9.17) is 14.7 Å². The Kier molecular flexibility index (Phi) is 6.65. The third-order valence-corrected chi connectivity index (χ3v) is 7.06. The summed E-state index contributed by atoms with van der Waals surface area (Å²) in [6.07, 6.45) is 6.93. The lowest BCUT2D eigenvalue weighted by atomic mass is 9.97. The molecule has 1 saturated heterocycles. The molecule has 3 aliphatic rings. The fourth-order valence-corrected chi connectivity index (χ4v) is 5.08. The minimum absolute atomic E-state index is 0.676. The van der Waals surface area contributed by atoms with Gasteiger partial charge in [-0.05, 0) is 86.2 Å². The van der Waals surface area contributed by atoms with Crippen molar-refractivity contribution in [3.8, 4) is 17.1 Å². The van der Waals surface area contributed by atoms with E-state index in [0.29, 0.717) is 5.92 Å². The lowest BCUT2D eigenvalue weighted by Crippen LogP contribution is -2.18. The standard InChI is InChI=1S/C31H31N5O/c1-22-9-10-26-30(18-22)36(25-7-3-2-4-8-25)31-20-27(33-15-11-23-12-16-37-17-13-23)28(19-29(31)35-26)34-24-6-5-14-32-21-24/h2-10,14,18-21,23,34H,11-13,15-17H2,1H3. The van der Waals surface area contributed by atoms with Crippen LogP contribution >= 0.6 is 0 Å². The van der Waals surface area contributed by atoms with Crippen LogP contribution in [-0.4, -0.2) is 34.3 Å². The Morgan fingerprint density at radius 3 is 2.68 bits per heavy atom. The molecule has 6 nitrogen and oxygen atoms in total. The quantitative estimate of drug-likeness (QED) is 0.285. The van der Waals surface area contributed by atoms with Crippen molar-refractivity contribution in [1.82, 2.24) is 14.5 Å². The van der Waals surface area contributed by atoms with Gasteiger partial charge in [0.05, 0.1) is 45.4 Å². The predicted octanol–water partition coefficient (Wildman–Crippen LogP) is 6.29. The fourth-order valence-electron chi connectivity index (χ4n) is 5.08. The van der Waals surface area contributed by atoms with Crippen LogP contribution in [0.25, 0.3) is 28.1 Å². The van der Waals surface area contributed by atoms with Gasteiger partial charge in [-0.2, -0.15) is 0 Å². The second kappa shape index (κ2) is 10.5. The Bertz CT molecular complexity index is 1540. The molecule has 37 heavy (non-hydrogen) atoms. The van der Waals surface area contributed by atoms with Gasteiger partial charge in [0.25, 0.3) is 0 Å².